The van der Waals surface area contributed by atoms with Crippen molar-refractivity contribution in [2.75, 3.05) is 6.61 Å². The van der Waals surface area contributed by atoms with Crippen LogP contribution in [-0.2, 0) is 23.9 Å². The van der Waals surface area contributed by atoms with Gasteiger partial charge in [0, 0.05) is 6.92 Å². The summed E-state index contributed by atoms with van der Waals surface area (Å²) in [5.41, 5.74) is -0.826. The zero-order valence-electron chi connectivity index (χ0n) is 18.0. The highest BCUT2D eigenvalue weighted by molar-refractivity contribution is 5.98. The Hall–Kier alpha value is -1.96. The number of ketones is 1. The Labute approximate surface area is 167 Å². The first-order valence-electron chi connectivity index (χ1n) is 9.91. The van der Waals surface area contributed by atoms with Gasteiger partial charge in [-0.25, -0.2) is 0 Å². The number of rotatable bonds is 11. The molecule has 0 aromatic rings. The van der Waals surface area contributed by atoms with Gasteiger partial charge in [0.05, 0.1) is 12.6 Å². The molecule has 0 bridgehead atoms. The third kappa shape index (κ3) is 7.58. The molecule has 0 aromatic carbocycles. The van der Waals surface area contributed by atoms with Crippen LogP contribution in [0, 0.1) is 11.8 Å². The Kier molecular flexibility index (Phi) is 8.60. The van der Waals surface area contributed by atoms with Crippen molar-refractivity contribution in [3.63, 3.8) is 0 Å². The number of hydrogen-bond donors (Lipinski definition) is 3. The fourth-order valence-corrected chi connectivity index (χ4v) is 2.95. The number of ether oxygens (including phenoxy) is 1. The fourth-order valence-electron chi connectivity index (χ4n) is 2.95. The predicted octanol–water partition coefficient (Wildman–Crippen LogP) is 0.931. The highest BCUT2D eigenvalue weighted by atomic mass is 16.6. The molecule has 3 amide bonds. The molecule has 0 aliphatic carbocycles. The molecule has 4 unspecified atom stereocenters. The summed E-state index contributed by atoms with van der Waals surface area (Å²) < 4.78 is 5.22. The summed E-state index contributed by atoms with van der Waals surface area (Å²) in [6.45, 7) is 12.8. The number of amides is 3. The number of nitrogens with one attached hydrogen (secondary N) is 3. The van der Waals surface area contributed by atoms with Gasteiger partial charge in [0.1, 0.15) is 17.7 Å². The molecule has 28 heavy (non-hydrogen) atoms. The maximum atomic E-state index is 12.6. The molecular formula is C20H35N3O5. The van der Waals surface area contributed by atoms with Crippen LogP contribution in [0.1, 0.15) is 61.3 Å². The maximum absolute atomic E-state index is 12.6. The number of carbonyl (C=O) groups is 4. The quantitative estimate of drug-likeness (QED) is 0.449. The van der Waals surface area contributed by atoms with Crippen molar-refractivity contribution in [2.45, 2.75) is 85.0 Å². The third-order valence-corrected chi connectivity index (χ3v) is 4.59. The van der Waals surface area contributed by atoms with Crippen LogP contribution in [0.5, 0.6) is 0 Å². The van der Waals surface area contributed by atoms with Crippen LogP contribution < -0.4 is 16.0 Å². The zero-order valence-corrected chi connectivity index (χ0v) is 18.0. The number of epoxide rings is 1. The van der Waals surface area contributed by atoms with Gasteiger partial charge in [0.2, 0.25) is 17.7 Å². The second-order valence-electron chi connectivity index (χ2n) is 8.69. The minimum atomic E-state index is -0.841. The topological polar surface area (TPSA) is 117 Å². The van der Waals surface area contributed by atoms with Crippen molar-refractivity contribution in [1.82, 2.24) is 16.0 Å². The van der Waals surface area contributed by atoms with E-state index in [-0.39, 0.29) is 23.5 Å². The molecule has 0 saturated carbocycles. The van der Waals surface area contributed by atoms with E-state index in [1.54, 1.807) is 13.8 Å². The molecule has 1 fully saturated rings. The second-order valence-corrected chi connectivity index (χ2v) is 8.69. The lowest BCUT2D eigenvalue weighted by atomic mass is 9.93. The average Bonchev–Trinajstić information content (AvgIpc) is 3.30. The molecule has 1 heterocycles. The molecule has 0 aromatic heterocycles. The van der Waals surface area contributed by atoms with E-state index in [9.17, 15) is 19.2 Å². The molecule has 8 nitrogen and oxygen atoms in total. The molecule has 3 N–H and O–H groups in total. The molecule has 160 valence electrons. The second kappa shape index (κ2) is 10.0. The van der Waals surface area contributed by atoms with Crippen molar-refractivity contribution in [2.24, 2.45) is 11.8 Å². The summed E-state index contributed by atoms with van der Waals surface area (Å²) in [7, 11) is 0. The minimum absolute atomic E-state index is 0.149. The van der Waals surface area contributed by atoms with E-state index in [2.05, 4.69) is 16.0 Å². The lowest BCUT2D eigenvalue weighted by Crippen LogP contribution is -2.55. The Morgan fingerprint density at radius 3 is 1.79 bits per heavy atom. The van der Waals surface area contributed by atoms with E-state index in [1.165, 1.54) is 6.92 Å². The largest absolute Gasteiger partial charge is 0.361 e. The standard InChI is InChI=1S/C20H35N3O5/c1-11(2)8-15(17(25)20(7)10-28-20)23-18(26)13(5)21-19(27)16(9-12(3)4)22-14(6)24/h11-13,15-16H,8-10H2,1-7H3,(H,21,27)(H,22,24)(H,23,26). The van der Waals surface area contributed by atoms with E-state index in [0.717, 1.165) is 0 Å². The minimum Gasteiger partial charge on any atom is -0.361 e. The van der Waals surface area contributed by atoms with Crippen LogP contribution in [0.15, 0.2) is 0 Å². The van der Waals surface area contributed by atoms with E-state index in [4.69, 9.17) is 4.74 Å². The first kappa shape index (κ1) is 24.1. The van der Waals surface area contributed by atoms with E-state index < -0.39 is 35.5 Å². The van der Waals surface area contributed by atoms with Crippen LogP contribution >= 0.6 is 0 Å². The lowest BCUT2D eigenvalue weighted by molar-refractivity contribution is -0.134. The average molecular weight is 398 g/mol. The van der Waals surface area contributed by atoms with Crippen LogP contribution in [0.4, 0.5) is 0 Å². The van der Waals surface area contributed by atoms with Gasteiger partial charge in [0.25, 0.3) is 0 Å². The van der Waals surface area contributed by atoms with Crippen LogP contribution in [0.25, 0.3) is 0 Å². The van der Waals surface area contributed by atoms with Crippen molar-refractivity contribution < 1.29 is 23.9 Å². The van der Waals surface area contributed by atoms with Crippen molar-refractivity contribution in [1.29, 1.82) is 0 Å². The highest BCUT2D eigenvalue weighted by Gasteiger charge is 2.50. The molecule has 0 spiro atoms. The number of Topliss-reactive ketones (excluding diaryl/α,β-unsaturated/α-hetero) is 1. The smallest absolute Gasteiger partial charge is 0.243 e. The Balaban J connectivity index is 2.73. The van der Waals surface area contributed by atoms with Gasteiger partial charge in [-0.3, -0.25) is 19.2 Å². The molecule has 4 atom stereocenters. The first-order valence-corrected chi connectivity index (χ1v) is 9.91. The SMILES string of the molecule is CC(=O)NC(CC(C)C)C(=O)NC(C)C(=O)NC(CC(C)C)C(=O)C1(C)CO1. The van der Waals surface area contributed by atoms with E-state index >= 15 is 0 Å². The van der Waals surface area contributed by atoms with Gasteiger partial charge in [-0.2, -0.15) is 0 Å². The van der Waals surface area contributed by atoms with Gasteiger partial charge in [-0.1, -0.05) is 27.7 Å². The first-order chi connectivity index (χ1) is 12.9. The van der Waals surface area contributed by atoms with Gasteiger partial charge in [-0.15, -0.1) is 0 Å². The molecule has 1 rings (SSSR count). The van der Waals surface area contributed by atoms with Gasteiger partial charge >= 0.3 is 0 Å². The summed E-state index contributed by atoms with van der Waals surface area (Å²) in [5, 5.41) is 8.00. The van der Waals surface area contributed by atoms with Gasteiger partial charge in [-0.05, 0) is 38.5 Å². The summed E-state index contributed by atoms with van der Waals surface area (Å²) in [5.74, 6) is -0.920. The Bertz CT molecular complexity index is 599. The fraction of sp³-hybridized carbons (Fsp3) is 0.800. The van der Waals surface area contributed by atoms with E-state index in [1.807, 2.05) is 27.7 Å². The summed E-state index contributed by atoms with van der Waals surface area (Å²) in [4.78, 5) is 49.1. The van der Waals surface area contributed by atoms with E-state index in [0.29, 0.717) is 19.4 Å². The molecule has 8 heteroatoms. The Morgan fingerprint density at radius 1 is 0.857 bits per heavy atom. The summed E-state index contributed by atoms with van der Waals surface area (Å²) in [6, 6.07) is -2.22. The number of hydrogen-bond acceptors (Lipinski definition) is 5. The van der Waals surface area contributed by atoms with Gasteiger partial charge in [0.15, 0.2) is 5.78 Å². The highest BCUT2D eigenvalue weighted by Crippen LogP contribution is 2.29. The molecule has 1 aliphatic heterocycles. The summed E-state index contributed by atoms with van der Waals surface area (Å²) >= 11 is 0. The van der Waals surface area contributed by atoms with Crippen LogP contribution in [0.3, 0.4) is 0 Å². The normalized spacial score (nSPS) is 21.6. The van der Waals surface area contributed by atoms with Crippen LogP contribution in [-0.4, -0.2) is 53.8 Å². The Morgan fingerprint density at radius 2 is 1.36 bits per heavy atom. The molecule has 1 aliphatic rings. The predicted molar refractivity (Wildman–Crippen MR) is 105 cm³/mol. The summed E-state index contributed by atoms with van der Waals surface area (Å²) in [6.07, 6.45) is 0.954. The third-order valence-electron chi connectivity index (χ3n) is 4.59. The van der Waals surface area contributed by atoms with Crippen molar-refractivity contribution in [3.05, 3.63) is 0 Å². The molecular weight excluding hydrogens is 362 g/mol. The monoisotopic (exact) mass is 397 g/mol. The van der Waals surface area contributed by atoms with Gasteiger partial charge < -0.3 is 20.7 Å². The molecule has 0 radical (unpaired) electrons. The van der Waals surface area contributed by atoms with Crippen LogP contribution in [0.2, 0.25) is 0 Å². The number of carbonyl (C=O) groups excluding carboxylic acids is 4. The van der Waals surface area contributed by atoms with Crippen molar-refractivity contribution in [3.8, 4) is 0 Å². The molecule has 1 saturated heterocycles. The lowest BCUT2D eigenvalue weighted by Gasteiger charge is -2.25. The maximum Gasteiger partial charge on any atom is 0.243 e. The zero-order chi connectivity index (χ0) is 21.6. The van der Waals surface area contributed by atoms with Crippen molar-refractivity contribution >= 4 is 23.5 Å².